The Morgan fingerprint density at radius 1 is 1.00 bits per heavy atom. The van der Waals surface area contributed by atoms with Gasteiger partial charge in [0.25, 0.3) is 11.8 Å². The summed E-state index contributed by atoms with van der Waals surface area (Å²) in [4.78, 5) is 37.0. The summed E-state index contributed by atoms with van der Waals surface area (Å²) >= 11 is 11.7. The van der Waals surface area contributed by atoms with Crippen LogP contribution in [-0.4, -0.2) is 37.5 Å². The van der Waals surface area contributed by atoms with Gasteiger partial charge < -0.3 is 20.1 Å². The summed E-state index contributed by atoms with van der Waals surface area (Å²) in [6.45, 7) is 2.98. The van der Waals surface area contributed by atoms with Gasteiger partial charge >= 0.3 is 5.97 Å². The minimum Gasteiger partial charge on any atom is -0.495 e. The maximum Gasteiger partial charge on any atom is 0.329 e. The van der Waals surface area contributed by atoms with E-state index in [1.54, 1.807) is 50.2 Å². The molecule has 7 nitrogen and oxygen atoms in total. The Balaban J connectivity index is 1.96. The Bertz CT molecular complexity index is 916. The Morgan fingerprint density at radius 3 is 2.23 bits per heavy atom. The highest BCUT2D eigenvalue weighted by Crippen LogP contribution is 2.27. The van der Waals surface area contributed by atoms with Gasteiger partial charge in [-0.05, 0) is 48.4 Å². The summed E-state index contributed by atoms with van der Waals surface area (Å²) in [5.74, 6) is -1.59. The van der Waals surface area contributed by atoms with E-state index >= 15 is 0 Å². The summed E-state index contributed by atoms with van der Waals surface area (Å²) in [6.07, 6.45) is 0. The smallest absolute Gasteiger partial charge is 0.329 e. The van der Waals surface area contributed by atoms with Crippen LogP contribution in [0.4, 0.5) is 5.69 Å². The van der Waals surface area contributed by atoms with E-state index in [0.29, 0.717) is 27.0 Å². The molecular formula is C21H22Cl2N2O5. The van der Waals surface area contributed by atoms with E-state index in [9.17, 15) is 14.4 Å². The van der Waals surface area contributed by atoms with Gasteiger partial charge in [-0.3, -0.25) is 9.59 Å². The zero-order valence-electron chi connectivity index (χ0n) is 16.7. The molecule has 0 aliphatic rings. The fourth-order valence-electron chi connectivity index (χ4n) is 2.51. The van der Waals surface area contributed by atoms with E-state index in [0.717, 1.165) is 0 Å². The first kappa shape index (κ1) is 23.5. The first-order chi connectivity index (χ1) is 14.2. The second-order valence-electron chi connectivity index (χ2n) is 6.70. The molecule has 160 valence electrons. The first-order valence-electron chi connectivity index (χ1n) is 9.07. The molecule has 2 N–H and O–H groups in total. The normalized spacial score (nSPS) is 11.5. The summed E-state index contributed by atoms with van der Waals surface area (Å²) in [5, 5.41) is 6.10. The van der Waals surface area contributed by atoms with E-state index < -0.39 is 30.4 Å². The van der Waals surface area contributed by atoms with E-state index in [1.807, 2.05) is 0 Å². The van der Waals surface area contributed by atoms with Crippen molar-refractivity contribution in [1.82, 2.24) is 5.32 Å². The maximum atomic E-state index is 12.5. The van der Waals surface area contributed by atoms with Crippen molar-refractivity contribution in [2.75, 3.05) is 19.0 Å². The van der Waals surface area contributed by atoms with Crippen LogP contribution in [0.2, 0.25) is 10.0 Å². The van der Waals surface area contributed by atoms with Crippen molar-refractivity contribution in [3.63, 3.8) is 0 Å². The molecule has 2 aromatic rings. The van der Waals surface area contributed by atoms with Gasteiger partial charge in [0, 0.05) is 15.6 Å². The Hall–Kier alpha value is -2.77. The summed E-state index contributed by atoms with van der Waals surface area (Å²) in [5.41, 5.74) is 0.700. The van der Waals surface area contributed by atoms with Crippen LogP contribution >= 0.6 is 23.2 Å². The van der Waals surface area contributed by atoms with Gasteiger partial charge in [0.15, 0.2) is 6.61 Å². The Morgan fingerprint density at radius 2 is 1.63 bits per heavy atom. The number of amides is 2. The quantitative estimate of drug-likeness (QED) is 0.591. The minimum absolute atomic E-state index is 0.259. The van der Waals surface area contributed by atoms with E-state index in [2.05, 4.69) is 10.6 Å². The average molecular weight is 453 g/mol. The predicted octanol–water partition coefficient (Wildman–Crippen LogP) is 3.94. The van der Waals surface area contributed by atoms with Crippen molar-refractivity contribution in [2.24, 2.45) is 5.92 Å². The van der Waals surface area contributed by atoms with E-state index in [4.69, 9.17) is 32.7 Å². The number of rotatable bonds is 8. The van der Waals surface area contributed by atoms with Gasteiger partial charge in [0.1, 0.15) is 11.8 Å². The molecule has 0 saturated carbocycles. The fraction of sp³-hybridized carbons (Fsp3) is 0.286. The molecule has 0 aliphatic carbocycles. The van der Waals surface area contributed by atoms with Gasteiger partial charge in [0.2, 0.25) is 0 Å². The zero-order valence-corrected chi connectivity index (χ0v) is 18.2. The number of nitrogens with one attached hydrogen (secondary N) is 2. The number of carbonyl (C=O) groups excluding carboxylic acids is 3. The number of carbonyl (C=O) groups is 3. The zero-order chi connectivity index (χ0) is 22.3. The molecular weight excluding hydrogens is 431 g/mol. The highest BCUT2D eigenvalue weighted by molar-refractivity contribution is 6.31. The van der Waals surface area contributed by atoms with Crippen LogP contribution in [0.3, 0.4) is 0 Å². The molecule has 2 rings (SSSR count). The topological polar surface area (TPSA) is 93.7 Å². The van der Waals surface area contributed by atoms with Gasteiger partial charge in [-0.15, -0.1) is 0 Å². The number of benzene rings is 2. The van der Waals surface area contributed by atoms with Gasteiger partial charge in [-0.1, -0.05) is 37.0 Å². The first-order valence-corrected chi connectivity index (χ1v) is 9.83. The Kier molecular flexibility index (Phi) is 8.50. The van der Waals surface area contributed by atoms with Crippen LogP contribution in [0.15, 0.2) is 42.5 Å². The number of ether oxygens (including phenoxy) is 2. The highest BCUT2D eigenvalue weighted by Gasteiger charge is 2.27. The lowest BCUT2D eigenvalue weighted by molar-refractivity contribution is -0.150. The van der Waals surface area contributed by atoms with Crippen LogP contribution in [0.25, 0.3) is 0 Å². The third-order valence-corrected chi connectivity index (χ3v) is 4.58. The summed E-state index contributed by atoms with van der Waals surface area (Å²) in [6, 6.07) is 10.1. The van der Waals surface area contributed by atoms with Crippen LogP contribution in [0, 0.1) is 5.92 Å². The molecule has 0 saturated heterocycles. The molecule has 1 atom stereocenters. The Labute approximate surface area is 184 Å². The molecule has 2 amide bonds. The highest BCUT2D eigenvalue weighted by atomic mass is 35.5. The number of anilines is 1. The average Bonchev–Trinajstić information content (AvgIpc) is 2.70. The monoisotopic (exact) mass is 452 g/mol. The SMILES string of the molecule is COc1ccc(Cl)cc1NC(=O)COC(=O)[C@@H](NC(=O)c1ccc(Cl)cc1)C(C)C. The lowest BCUT2D eigenvalue weighted by Gasteiger charge is -2.21. The van der Waals surface area contributed by atoms with Crippen LogP contribution in [-0.2, 0) is 14.3 Å². The molecule has 0 radical (unpaired) electrons. The molecule has 30 heavy (non-hydrogen) atoms. The van der Waals surface area contributed by atoms with Crippen molar-refractivity contribution in [2.45, 2.75) is 19.9 Å². The molecule has 0 aliphatic heterocycles. The van der Waals surface area contributed by atoms with Gasteiger partial charge in [0.05, 0.1) is 12.8 Å². The van der Waals surface area contributed by atoms with Crippen LogP contribution in [0.1, 0.15) is 24.2 Å². The van der Waals surface area contributed by atoms with E-state index in [-0.39, 0.29) is 5.92 Å². The lowest BCUT2D eigenvalue weighted by Crippen LogP contribution is -2.45. The van der Waals surface area contributed by atoms with Crippen LogP contribution < -0.4 is 15.4 Å². The molecule has 0 bridgehead atoms. The summed E-state index contributed by atoms with van der Waals surface area (Å²) < 4.78 is 10.3. The number of esters is 1. The van der Waals surface area contributed by atoms with Crippen molar-refractivity contribution < 1.29 is 23.9 Å². The molecule has 0 heterocycles. The largest absolute Gasteiger partial charge is 0.495 e. The third kappa shape index (κ3) is 6.64. The van der Waals surface area contributed by atoms with Crippen molar-refractivity contribution in [1.29, 1.82) is 0 Å². The molecule has 0 aromatic heterocycles. The minimum atomic E-state index is -0.929. The number of halogens is 2. The standard InChI is InChI=1S/C21H22Cl2N2O5/c1-12(2)19(25-20(27)13-4-6-14(22)7-5-13)21(28)30-11-18(26)24-16-10-15(23)8-9-17(16)29-3/h4-10,12,19H,11H2,1-3H3,(H,24,26)(H,25,27)/t19-/m0/s1. The fourth-order valence-corrected chi connectivity index (χ4v) is 2.81. The molecule has 2 aromatic carbocycles. The number of hydrogen-bond donors (Lipinski definition) is 2. The van der Waals surface area contributed by atoms with Gasteiger partial charge in [-0.2, -0.15) is 0 Å². The van der Waals surface area contributed by atoms with Crippen LogP contribution in [0.5, 0.6) is 5.75 Å². The van der Waals surface area contributed by atoms with E-state index in [1.165, 1.54) is 13.2 Å². The predicted molar refractivity (Wildman–Crippen MR) is 115 cm³/mol. The van der Waals surface area contributed by atoms with Crippen molar-refractivity contribution in [3.8, 4) is 5.75 Å². The number of methoxy groups -OCH3 is 1. The van der Waals surface area contributed by atoms with Crippen molar-refractivity contribution >= 4 is 46.7 Å². The molecule has 0 spiro atoms. The van der Waals surface area contributed by atoms with Gasteiger partial charge in [-0.25, -0.2) is 4.79 Å². The second kappa shape index (κ2) is 10.8. The molecule has 0 unspecified atom stereocenters. The van der Waals surface area contributed by atoms with Crippen molar-refractivity contribution in [3.05, 3.63) is 58.1 Å². The summed E-state index contributed by atoms with van der Waals surface area (Å²) in [7, 11) is 1.45. The number of hydrogen-bond acceptors (Lipinski definition) is 5. The lowest BCUT2D eigenvalue weighted by atomic mass is 10.0. The maximum absolute atomic E-state index is 12.5. The second-order valence-corrected chi connectivity index (χ2v) is 7.58. The molecule has 0 fully saturated rings. The third-order valence-electron chi connectivity index (χ3n) is 4.09. The molecule has 9 heteroatoms.